The Labute approximate surface area is 412 Å². The van der Waals surface area contributed by atoms with E-state index in [1.165, 1.54) is 17.8 Å². The van der Waals surface area contributed by atoms with E-state index in [1.807, 2.05) is 72.8 Å². The molecule has 0 saturated carbocycles. The number of alkyl halides is 3. The van der Waals surface area contributed by atoms with Gasteiger partial charge in [0.15, 0.2) is 11.2 Å². The summed E-state index contributed by atoms with van der Waals surface area (Å²) in [5.41, 5.74) is 0.404. The first-order valence-corrected chi connectivity index (χ1v) is 26.5. The van der Waals surface area contributed by atoms with Crippen LogP contribution in [0.3, 0.4) is 0 Å². The first kappa shape index (κ1) is 50.0. The van der Waals surface area contributed by atoms with Crippen LogP contribution in [-0.2, 0) is 28.2 Å². The molecule has 1 aliphatic carbocycles. The number of carbonyl (C=O) groups is 1. The summed E-state index contributed by atoms with van der Waals surface area (Å²) in [7, 11) is -4.04. The van der Waals surface area contributed by atoms with Crippen LogP contribution in [0, 0.1) is 0 Å². The second kappa shape index (κ2) is 21.7. The molecule has 3 heterocycles. The fraction of sp³-hybridized carbons (Fsp3) is 0.327. The van der Waals surface area contributed by atoms with E-state index in [-0.39, 0.29) is 17.4 Å². The number of nitrogens with one attached hydrogen (secondary N) is 2. The van der Waals surface area contributed by atoms with E-state index in [4.69, 9.17) is 23.2 Å². The SMILES string of the molecule is Cn1c(Cl)c(-c2ccc(Cl)cc2)c(-c2cccc(N3CCN(c4ccc(N[S+]([O-])C5=CCC(N[C@H](CCN6CCC(O)CC6)Sc6ccccc6)C(S(=O)(=O)C(F)(F)F)=C5)cc4)CC3)c2)c1C=O. The van der Waals surface area contributed by atoms with E-state index in [0.717, 1.165) is 50.9 Å². The normalized spacial score (nSPS) is 18.5. The zero-order valence-corrected chi connectivity index (χ0v) is 41.0. The zero-order valence-electron chi connectivity index (χ0n) is 37.0. The van der Waals surface area contributed by atoms with Crippen molar-refractivity contribution < 1.29 is 36.0 Å². The van der Waals surface area contributed by atoms with Crippen molar-refractivity contribution in [1.82, 2.24) is 14.8 Å². The fourth-order valence-corrected chi connectivity index (χ4v) is 12.4. The summed E-state index contributed by atoms with van der Waals surface area (Å²) >= 11 is 12.3. The molecule has 2 unspecified atom stereocenters. The van der Waals surface area contributed by atoms with Crippen LogP contribution in [0.15, 0.2) is 130 Å². The molecular weight excluding hydrogens is 977 g/mol. The Kier molecular flexibility index (Phi) is 15.9. The number of anilines is 3. The van der Waals surface area contributed by atoms with Gasteiger partial charge in [-0.1, -0.05) is 65.7 Å². The van der Waals surface area contributed by atoms with Crippen molar-refractivity contribution in [3.63, 3.8) is 0 Å². The van der Waals surface area contributed by atoms with Gasteiger partial charge in [-0.05, 0) is 104 Å². The van der Waals surface area contributed by atoms with Gasteiger partial charge in [-0.3, -0.25) is 10.1 Å². The van der Waals surface area contributed by atoms with Crippen LogP contribution in [0.2, 0.25) is 10.2 Å². The van der Waals surface area contributed by atoms with Crippen LogP contribution < -0.4 is 19.8 Å². The Bertz CT molecular complexity index is 2730. The number of rotatable bonds is 16. The summed E-state index contributed by atoms with van der Waals surface area (Å²) in [5.74, 6) is 0. The number of hydrogen-bond acceptors (Lipinski definition) is 11. The molecule has 4 aromatic carbocycles. The van der Waals surface area contributed by atoms with E-state index in [9.17, 15) is 36.0 Å². The molecule has 3 N–H and O–H groups in total. The number of aliphatic hydroxyl groups is 1. The molecular formula is C49H51Cl2F3N6O5S3. The molecule has 1 aromatic heterocycles. The summed E-state index contributed by atoms with van der Waals surface area (Å²) in [6.45, 7) is 4.75. The largest absolute Gasteiger partial charge is 0.588 e. The maximum atomic E-state index is 14.2. The quantitative estimate of drug-likeness (QED) is 0.0378. The first-order valence-electron chi connectivity index (χ1n) is 22.2. The lowest BCUT2D eigenvalue weighted by Crippen LogP contribution is -2.46. The van der Waals surface area contributed by atoms with Gasteiger partial charge in [0.1, 0.15) is 16.5 Å². The van der Waals surface area contributed by atoms with Gasteiger partial charge in [-0.2, -0.15) is 13.2 Å². The average molecular weight is 1030 g/mol. The Hall–Kier alpha value is -4.43. The number of aromatic nitrogens is 1. The molecule has 0 radical (unpaired) electrons. The highest BCUT2D eigenvalue weighted by molar-refractivity contribution is 8.00. The molecule has 5 aromatic rings. The van der Waals surface area contributed by atoms with Crippen molar-refractivity contribution in [3.8, 4) is 22.3 Å². The van der Waals surface area contributed by atoms with Gasteiger partial charge in [-0.15, -0.1) is 11.8 Å². The van der Waals surface area contributed by atoms with Gasteiger partial charge in [0.2, 0.25) is 0 Å². The number of aliphatic hydroxyl groups excluding tert-OH is 1. The maximum Gasteiger partial charge on any atom is 0.501 e. The lowest BCUT2D eigenvalue weighted by atomic mass is 9.96. The van der Waals surface area contributed by atoms with Crippen LogP contribution in [-0.4, -0.2) is 103 Å². The fourth-order valence-electron chi connectivity index (χ4n) is 8.80. The highest BCUT2D eigenvalue weighted by Crippen LogP contribution is 2.43. The molecule has 0 spiro atoms. The number of likely N-dealkylation sites (tertiary alicyclic amines) is 1. The van der Waals surface area contributed by atoms with Crippen molar-refractivity contribution in [1.29, 1.82) is 0 Å². The van der Waals surface area contributed by atoms with Crippen molar-refractivity contribution in [2.24, 2.45) is 7.05 Å². The number of hydrogen-bond donors (Lipinski definition) is 3. The average Bonchev–Trinajstić information content (AvgIpc) is 3.60. The molecule has 360 valence electrons. The molecule has 3 atom stereocenters. The predicted octanol–water partition coefficient (Wildman–Crippen LogP) is 9.91. The van der Waals surface area contributed by atoms with Crippen molar-refractivity contribution in [3.05, 3.63) is 141 Å². The van der Waals surface area contributed by atoms with Crippen molar-refractivity contribution in [2.75, 3.05) is 60.3 Å². The van der Waals surface area contributed by atoms with Crippen LogP contribution >= 0.6 is 35.0 Å². The molecule has 19 heteroatoms. The number of halogens is 5. The summed E-state index contributed by atoms with van der Waals surface area (Å²) in [5, 5.41) is 13.7. The van der Waals surface area contributed by atoms with Gasteiger partial charge in [0.05, 0.1) is 27.8 Å². The molecule has 2 aliphatic heterocycles. The summed E-state index contributed by atoms with van der Waals surface area (Å²) < 4.78 is 87.3. The minimum atomic E-state index is -5.80. The molecule has 68 heavy (non-hydrogen) atoms. The van der Waals surface area contributed by atoms with Crippen LogP contribution in [0.4, 0.5) is 30.2 Å². The summed E-state index contributed by atoms with van der Waals surface area (Å²) in [6, 6.07) is 30.7. The molecule has 0 bridgehead atoms. The molecule has 11 nitrogen and oxygen atoms in total. The zero-order chi connectivity index (χ0) is 48.2. The number of sulfone groups is 1. The lowest BCUT2D eigenvalue weighted by Gasteiger charge is -2.37. The summed E-state index contributed by atoms with van der Waals surface area (Å²) in [4.78, 5) is 19.0. The molecule has 2 fully saturated rings. The van der Waals surface area contributed by atoms with E-state index in [0.29, 0.717) is 86.6 Å². The minimum absolute atomic E-state index is 0.0757. The van der Waals surface area contributed by atoms with Crippen LogP contribution in [0.1, 0.15) is 36.2 Å². The number of nitrogens with zero attached hydrogens (tertiary/aromatic N) is 4. The van der Waals surface area contributed by atoms with Gasteiger partial charge in [-0.25, -0.2) is 13.1 Å². The number of piperazine rings is 1. The highest BCUT2D eigenvalue weighted by atomic mass is 35.5. The first-order chi connectivity index (χ1) is 32.6. The maximum absolute atomic E-state index is 14.2. The third kappa shape index (κ3) is 11.4. The number of allylic oxidation sites excluding steroid dienone is 1. The van der Waals surface area contributed by atoms with Gasteiger partial charge in [0, 0.05) is 97.4 Å². The summed E-state index contributed by atoms with van der Waals surface area (Å²) in [6.07, 6.45) is 4.50. The topological polar surface area (TPSA) is 133 Å². The number of aldehydes is 1. The monoisotopic (exact) mass is 1030 g/mol. The smallest absolute Gasteiger partial charge is 0.501 e. The number of benzene rings is 4. The highest BCUT2D eigenvalue weighted by Gasteiger charge is 2.51. The van der Waals surface area contributed by atoms with E-state index < -0.39 is 43.0 Å². The predicted molar refractivity (Wildman–Crippen MR) is 269 cm³/mol. The van der Waals surface area contributed by atoms with Gasteiger partial charge in [0.25, 0.3) is 9.84 Å². The molecule has 0 amide bonds. The Morgan fingerprint density at radius 2 is 1.53 bits per heavy atom. The minimum Gasteiger partial charge on any atom is -0.588 e. The standard InChI is InChI=1S/C49H51Cl2F3N6O5S3/c1-57-43(32-61)46(47(48(57)51)33-10-12-35(50)13-11-33)34-6-5-7-38(30-34)60-28-26-59(27-29-60)37-16-14-36(15-17-37)56-67(63)41-18-19-42(44(31-41)68(64,65)49(52,53)54)55-45(66-40-8-3-2-4-9-40)22-25-58-23-20-39(62)21-24-58/h2-18,30-32,39,42,45,55-56,62H,19-29H2,1H3/t42?,45-,67?/m0/s1. The molecule has 8 rings (SSSR count). The van der Waals surface area contributed by atoms with Gasteiger partial charge < -0.3 is 28.9 Å². The van der Waals surface area contributed by atoms with Crippen LogP contribution in [0.25, 0.3) is 22.3 Å². The van der Waals surface area contributed by atoms with Crippen molar-refractivity contribution >= 4 is 79.5 Å². The molecule has 2 saturated heterocycles. The van der Waals surface area contributed by atoms with Crippen molar-refractivity contribution in [2.45, 2.75) is 53.6 Å². The number of piperidine rings is 1. The third-order valence-electron chi connectivity index (χ3n) is 12.5. The molecule has 3 aliphatic rings. The number of thioether (sulfide) groups is 1. The lowest BCUT2D eigenvalue weighted by molar-refractivity contribution is -0.0428. The van der Waals surface area contributed by atoms with E-state index in [2.05, 4.69) is 30.8 Å². The van der Waals surface area contributed by atoms with E-state index >= 15 is 0 Å². The van der Waals surface area contributed by atoms with Crippen LogP contribution in [0.5, 0.6) is 0 Å². The van der Waals surface area contributed by atoms with Gasteiger partial charge >= 0.3 is 5.51 Å². The Balaban J connectivity index is 0.920. The second-order valence-corrected chi connectivity index (χ2v) is 22.1. The second-order valence-electron chi connectivity index (χ2n) is 16.9. The Morgan fingerprint density at radius 1 is 0.868 bits per heavy atom. The Morgan fingerprint density at radius 3 is 2.18 bits per heavy atom. The third-order valence-corrected chi connectivity index (χ3v) is 17.2. The van der Waals surface area contributed by atoms with E-state index in [1.54, 1.807) is 35.9 Å². The number of carbonyl (C=O) groups excluding carboxylic acids is 1.